The summed E-state index contributed by atoms with van der Waals surface area (Å²) in [5.41, 5.74) is -1.02. The van der Waals surface area contributed by atoms with E-state index in [4.69, 9.17) is 21.1 Å². The zero-order valence-corrected chi connectivity index (χ0v) is 15.1. The number of aromatic nitrogens is 1. The van der Waals surface area contributed by atoms with Crippen molar-refractivity contribution in [2.75, 3.05) is 13.7 Å². The molecule has 1 unspecified atom stereocenters. The van der Waals surface area contributed by atoms with Crippen LogP contribution in [0, 0.1) is 11.3 Å². The lowest BCUT2D eigenvalue weighted by molar-refractivity contribution is -0.137. The summed E-state index contributed by atoms with van der Waals surface area (Å²) in [4.78, 5) is 16.3. The van der Waals surface area contributed by atoms with Crippen LogP contribution in [0.4, 0.5) is 13.2 Å². The van der Waals surface area contributed by atoms with E-state index < -0.39 is 23.4 Å². The minimum Gasteiger partial charge on any atom is -0.493 e. The highest BCUT2D eigenvalue weighted by Gasteiger charge is 2.32. The van der Waals surface area contributed by atoms with Gasteiger partial charge in [-0.05, 0) is 31.2 Å². The third kappa shape index (κ3) is 4.49. The van der Waals surface area contributed by atoms with Crippen LogP contribution in [0.2, 0.25) is 5.02 Å². The van der Waals surface area contributed by atoms with E-state index in [2.05, 4.69) is 4.98 Å². The topological polar surface area (TPSA) is 72.2 Å². The maximum atomic E-state index is 12.7. The molecule has 0 spiro atoms. The van der Waals surface area contributed by atoms with Crippen LogP contribution in [0.15, 0.2) is 30.5 Å². The number of hydrogen-bond acceptors (Lipinski definition) is 5. The van der Waals surface area contributed by atoms with Gasteiger partial charge in [-0.2, -0.15) is 18.4 Å². The number of halogens is 4. The monoisotopic (exact) mass is 398 g/mol. The van der Waals surface area contributed by atoms with Gasteiger partial charge in [0.25, 0.3) is 0 Å². The highest BCUT2D eigenvalue weighted by molar-refractivity contribution is 6.32. The number of ether oxygens (including phenoxy) is 2. The van der Waals surface area contributed by atoms with E-state index in [1.165, 1.54) is 19.2 Å². The number of nitrogens with zero attached hydrogens (tertiary/aromatic N) is 2. The summed E-state index contributed by atoms with van der Waals surface area (Å²) in [5.74, 6) is -1.62. The van der Waals surface area contributed by atoms with Crippen LogP contribution in [0.3, 0.4) is 0 Å². The van der Waals surface area contributed by atoms with Crippen molar-refractivity contribution >= 4 is 17.4 Å². The van der Waals surface area contributed by atoms with Crippen molar-refractivity contribution in [3.8, 4) is 17.6 Å². The SMILES string of the molecule is CCOc1c(Cl)cc(C(=O)C(C#N)c2ccc(C(F)(F)F)cn2)cc1OC. The van der Waals surface area contributed by atoms with Crippen LogP contribution in [0.5, 0.6) is 11.5 Å². The smallest absolute Gasteiger partial charge is 0.417 e. The van der Waals surface area contributed by atoms with Crippen molar-refractivity contribution in [2.24, 2.45) is 0 Å². The molecule has 0 saturated carbocycles. The molecule has 1 heterocycles. The second-order valence-electron chi connectivity index (χ2n) is 5.32. The average molecular weight is 399 g/mol. The van der Waals surface area contributed by atoms with Crippen LogP contribution < -0.4 is 9.47 Å². The molecular weight excluding hydrogens is 385 g/mol. The highest BCUT2D eigenvalue weighted by atomic mass is 35.5. The third-order valence-electron chi connectivity index (χ3n) is 3.60. The van der Waals surface area contributed by atoms with Gasteiger partial charge in [0.05, 0.1) is 36.1 Å². The van der Waals surface area contributed by atoms with Gasteiger partial charge in [0, 0.05) is 11.8 Å². The van der Waals surface area contributed by atoms with Gasteiger partial charge in [0.2, 0.25) is 0 Å². The number of ketones is 1. The molecule has 0 aliphatic rings. The number of benzene rings is 1. The van der Waals surface area contributed by atoms with Gasteiger partial charge in [-0.25, -0.2) is 0 Å². The molecule has 0 fully saturated rings. The molecule has 1 aromatic heterocycles. The minimum absolute atomic E-state index is 0.0496. The first kappa shape index (κ1) is 20.5. The molecule has 0 N–H and O–H groups in total. The molecule has 5 nitrogen and oxygen atoms in total. The quantitative estimate of drug-likeness (QED) is 0.662. The number of nitriles is 1. The van der Waals surface area contributed by atoms with Crippen LogP contribution in [0.25, 0.3) is 0 Å². The van der Waals surface area contributed by atoms with Gasteiger partial charge < -0.3 is 9.47 Å². The molecule has 0 aliphatic heterocycles. The molecule has 0 saturated heterocycles. The fourth-order valence-corrected chi connectivity index (χ4v) is 2.58. The van der Waals surface area contributed by atoms with E-state index in [0.29, 0.717) is 12.8 Å². The number of carbonyl (C=O) groups excluding carboxylic acids is 1. The van der Waals surface area contributed by atoms with Crippen LogP contribution in [-0.2, 0) is 6.18 Å². The molecule has 1 atom stereocenters. The predicted molar refractivity (Wildman–Crippen MR) is 91.1 cm³/mol. The van der Waals surface area contributed by atoms with Gasteiger partial charge in [-0.1, -0.05) is 11.6 Å². The Hall–Kier alpha value is -2.79. The molecule has 27 heavy (non-hydrogen) atoms. The van der Waals surface area contributed by atoms with Gasteiger partial charge in [0.1, 0.15) is 0 Å². The van der Waals surface area contributed by atoms with Crippen molar-refractivity contribution in [1.29, 1.82) is 5.26 Å². The van der Waals surface area contributed by atoms with E-state index in [-0.39, 0.29) is 27.8 Å². The van der Waals surface area contributed by atoms with Crippen LogP contribution in [0.1, 0.15) is 34.5 Å². The Bertz CT molecular complexity index is 877. The van der Waals surface area contributed by atoms with E-state index >= 15 is 0 Å². The van der Waals surface area contributed by atoms with E-state index in [1.54, 1.807) is 13.0 Å². The van der Waals surface area contributed by atoms with Gasteiger partial charge in [-0.3, -0.25) is 9.78 Å². The number of pyridine rings is 1. The molecule has 2 rings (SSSR count). The number of carbonyl (C=O) groups is 1. The second kappa shape index (κ2) is 8.27. The van der Waals surface area contributed by atoms with Crippen molar-refractivity contribution in [3.63, 3.8) is 0 Å². The zero-order valence-electron chi connectivity index (χ0n) is 14.3. The Kier molecular flexibility index (Phi) is 6.28. The average Bonchev–Trinajstić information content (AvgIpc) is 2.63. The summed E-state index contributed by atoms with van der Waals surface area (Å²) in [5, 5.41) is 9.46. The summed E-state index contributed by atoms with van der Waals surface area (Å²) >= 11 is 6.12. The highest BCUT2D eigenvalue weighted by Crippen LogP contribution is 2.37. The fourth-order valence-electron chi connectivity index (χ4n) is 2.32. The van der Waals surface area contributed by atoms with Crippen molar-refractivity contribution < 1.29 is 27.4 Å². The molecule has 2 aromatic rings. The van der Waals surface area contributed by atoms with Crippen LogP contribution >= 0.6 is 11.6 Å². The largest absolute Gasteiger partial charge is 0.493 e. The molecule has 9 heteroatoms. The summed E-state index contributed by atoms with van der Waals surface area (Å²) in [6, 6.07) is 6.20. The molecule has 0 bridgehead atoms. The Balaban J connectivity index is 2.40. The Morgan fingerprint density at radius 2 is 2.07 bits per heavy atom. The first-order chi connectivity index (χ1) is 12.7. The number of hydrogen-bond donors (Lipinski definition) is 0. The Morgan fingerprint density at radius 1 is 1.37 bits per heavy atom. The van der Waals surface area contributed by atoms with Crippen molar-refractivity contribution in [1.82, 2.24) is 4.98 Å². The lowest BCUT2D eigenvalue weighted by Crippen LogP contribution is -2.14. The third-order valence-corrected chi connectivity index (χ3v) is 3.88. The molecule has 142 valence electrons. The van der Waals surface area contributed by atoms with Gasteiger partial charge in [-0.15, -0.1) is 0 Å². The maximum Gasteiger partial charge on any atom is 0.417 e. The Labute approximate surface area is 158 Å². The fraction of sp³-hybridized carbons (Fsp3) is 0.278. The summed E-state index contributed by atoms with van der Waals surface area (Å²) < 4.78 is 48.4. The van der Waals surface area contributed by atoms with Gasteiger partial charge >= 0.3 is 6.18 Å². The number of methoxy groups -OCH3 is 1. The molecular formula is C18H14ClF3N2O3. The maximum absolute atomic E-state index is 12.7. The van der Waals surface area contributed by atoms with Crippen molar-refractivity contribution in [3.05, 3.63) is 52.3 Å². The van der Waals surface area contributed by atoms with Crippen molar-refractivity contribution in [2.45, 2.75) is 19.0 Å². The molecule has 0 aliphatic carbocycles. The normalized spacial score (nSPS) is 12.2. The summed E-state index contributed by atoms with van der Waals surface area (Å²) in [6.07, 6.45) is -3.98. The van der Waals surface area contributed by atoms with E-state index in [1.807, 2.05) is 0 Å². The Morgan fingerprint density at radius 3 is 2.56 bits per heavy atom. The zero-order chi connectivity index (χ0) is 20.2. The lowest BCUT2D eigenvalue weighted by Gasteiger charge is -2.14. The second-order valence-corrected chi connectivity index (χ2v) is 5.73. The predicted octanol–water partition coefficient (Wildman–Crippen LogP) is 4.65. The molecule has 0 amide bonds. The van der Waals surface area contributed by atoms with Crippen LogP contribution in [-0.4, -0.2) is 24.5 Å². The lowest BCUT2D eigenvalue weighted by atomic mass is 9.95. The number of Topliss-reactive ketones (excluding diaryl/α,β-unsaturated/α-hetero) is 1. The standard InChI is InChI=1S/C18H14ClF3N2O3/c1-3-27-17-13(19)6-10(7-15(17)26-2)16(25)12(8-23)14-5-4-11(9-24-14)18(20,21)22/h4-7,9,12H,3H2,1-2H3. The number of alkyl halides is 3. The first-order valence-electron chi connectivity index (χ1n) is 7.70. The number of rotatable bonds is 6. The molecule has 0 radical (unpaired) electrons. The molecule has 1 aromatic carbocycles. The van der Waals surface area contributed by atoms with Gasteiger partial charge in [0.15, 0.2) is 23.2 Å². The minimum atomic E-state index is -4.56. The summed E-state index contributed by atoms with van der Waals surface area (Å²) in [6.45, 7) is 2.07. The van der Waals surface area contributed by atoms with E-state index in [9.17, 15) is 23.2 Å². The first-order valence-corrected chi connectivity index (χ1v) is 8.08. The summed E-state index contributed by atoms with van der Waals surface area (Å²) in [7, 11) is 1.36. The van der Waals surface area contributed by atoms with E-state index in [0.717, 1.165) is 12.1 Å².